The van der Waals surface area contributed by atoms with Crippen LogP contribution in [0.3, 0.4) is 0 Å². The number of aliphatic hydroxyl groups excluding tert-OH is 2. The minimum atomic E-state index is -0.429. The lowest BCUT2D eigenvalue weighted by molar-refractivity contribution is 0.0428. The molecule has 0 saturated heterocycles. The van der Waals surface area contributed by atoms with E-state index in [-0.39, 0.29) is 6.10 Å². The van der Waals surface area contributed by atoms with Crippen molar-refractivity contribution in [2.75, 3.05) is 26.3 Å². The third-order valence-corrected chi connectivity index (χ3v) is 1.87. The van der Waals surface area contributed by atoms with E-state index >= 15 is 0 Å². The molecule has 0 aromatic heterocycles. The van der Waals surface area contributed by atoms with E-state index in [1.807, 2.05) is 6.92 Å². The van der Waals surface area contributed by atoms with E-state index in [0.717, 1.165) is 19.4 Å². The Balaban J connectivity index is 3.10. The summed E-state index contributed by atoms with van der Waals surface area (Å²) in [5.74, 6) is 0. The Hall–Kier alpha value is -0.160. The molecule has 0 bridgehead atoms. The van der Waals surface area contributed by atoms with Gasteiger partial charge in [0.25, 0.3) is 0 Å². The zero-order valence-corrected chi connectivity index (χ0v) is 9.20. The van der Waals surface area contributed by atoms with Gasteiger partial charge in [0, 0.05) is 13.2 Å². The van der Waals surface area contributed by atoms with Crippen LogP contribution in [0.25, 0.3) is 0 Å². The third kappa shape index (κ3) is 9.92. The van der Waals surface area contributed by atoms with E-state index in [0.29, 0.717) is 19.8 Å². The number of nitrogens with one attached hydrogen (secondary N) is 1. The molecule has 2 unspecified atom stereocenters. The Morgan fingerprint density at radius 3 is 2.64 bits per heavy atom. The average Bonchev–Trinajstić information content (AvgIpc) is 2.13. The summed E-state index contributed by atoms with van der Waals surface area (Å²) in [5.41, 5.74) is 0. The summed E-state index contributed by atoms with van der Waals surface area (Å²) in [6.07, 6.45) is 1.07. The maximum atomic E-state index is 9.35. The average molecular weight is 205 g/mol. The highest BCUT2D eigenvalue weighted by molar-refractivity contribution is 4.59. The fraction of sp³-hybridized carbons (Fsp3) is 1.00. The van der Waals surface area contributed by atoms with Crippen LogP contribution in [-0.4, -0.2) is 48.7 Å². The van der Waals surface area contributed by atoms with Crippen molar-refractivity contribution in [2.24, 2.45) is 0 Å². The minimum Gasteiger partial charge on any atom is -0.393 e. The van der Waals surface area contributed by atoms with E-state index in [1.54, 1.807) is 6.92 Å². The molecule has 0 aliphatic heterocycles. The van der Waals surface area contributed by atoms with Crippen LogP contribution in [-0.2, 0) is 4.74 Å². The van der Waals surface area contributed by atoms with Gasteiger partial charge in [-0.1, -0.05) is 0 Å². The van der Waals surface area contributed by atoms with Gasteiger partial charge in [-0.25, -0.2) is 0 Å². The first-order valence-corrected chi connectivity index (χ1v) is 5.31. The van der Waals surface area contributed by atoms with Crippen molar-refractivity contribution in [1.82, 2.24) is 5.32 Å². The second-order valence-electron chi connectivity index (χ2n) is 3.51. The molecule has 0 heterocycles. The highest BCUT2D eigenvalue weighted by Crippen LogP contribution is 1.93. The summed E-state index contributed by atoms with van der Waals surface area (Å²) in [4.78, 5) is 0. The van der Waals surface area contributed by atoms with Gasteiger partial charge in [0.2, 0.25) is 0 Å². The van der Waals surface area contributed by atoms with Crippen molar-refractivity contribution >= 4 is 0 Å². The topological polar surface area (TPSA) is 61.7 Å². The van der Waals surface area contributed by atoms with Crippen molar-refractivity contribution in [3.8, 4) is 0 Å². The van der Waals surface area contributed by atoms with Gasteiger partial charge in [-0.3, -0.25) is 0 Å². The fourth-order valence-corrected chi connectivity index (χ4v) is 1.10. The van der Waals surface area contributed by atoms with Gasteiger partial charge in [0.1, 0.15) is 0 Å². The number of rotatable bonds is 9. The van der Waals surface area contributed by atoms with Crippen LogP contribution < -0.4 is 5.32 Å². The highest BCUT2D eigenvalue weighted by atomic mass is 16.5. The lowest BCUT2D eigenvalue weighted by atomic mass is 10.2. The van der Waals surface area contributed by atoms with Crippen molar-refractivity contribution in [1.29, 1.82) is 0 Å². The molecule has 4 nitrogen and oxygen atoms in total. The molecule has 0 rings (SSSR count). The molecule has 0 aliphatic carbocycles. The number of ether oxygens (including phenoxy) is 1. The predicted molar refractivity (Wildman–Crippen MR) is 56.3 cm³/mol. The summed E-state index contributed by atoms with van der Waals surface area (Å²) < 4.78 is 5.06. The van der Waals surface area contributed by atoms with Gasteiger partial charge in [0.15, 0.2) is 0 Å². The maximum Gasteiger partial charge on any atom is 0.0897 e. The van der Waals surface area contributed by atoms with Crippen LogP contribution in [0.5, 0.6) is 0 Å². The van der Waals surface area contributed by atoms with Crippen molar-refractivity contribution in [2.45, 2.75) is 38.9 Å². The van der Waals surface area contributed by atoms with Crippen LogP contribution in [0, 0.1) is 0 Å². The summed E-state index contributed by atoms with van der Waals surface area (Å²) in [5, 5.41) is 21.4. The van der Waals surface area contributed by atoms with E-state index in [9.17, 15) is 5.11 Å². The zero-order chi connectivity index (χ0) is 10.8. The molecule has 0 amide bonds. The second-order valence-corrected chi connectivity index (χ2v) is 3.51. The number of aliphatic hydroxyl groups is 2. The Morgan fingerprint density at radius 1 is 1.36 bits per heavy atom. The lowest BCUT2D eigenvalue weighted by Gasteiger charge is -2.11. The molecule has 3 N–H and O–H groups in total. The predicted octanol–water partition coefficient (Wildman–Crippen LogP) is 0.134. The van der Waals surface area contributed by atoms with Gasteiger partial charge in [-0.05, 0) is 33.2 Å². The monoisotopic (exact) mass is 205 g/mol. The molecule has 0 aliphatic rings. The maximum absolute atomic E-state index is 9.35. The summed E-state index contributed by atoms with van der Waals surface area (Å²) in [6.45, 7) is 6.10. The van der Waals surface area contributed by atoms with Crippen molar-refractivity contribution in [3.05, 3.63) is 0 Å². The Kier molecular flexibility index (Phi) is 9.29. The molecule has 14 heavy (non-hydrogen) atoms. The summed E-state index contributed by atoms with van der Waals surface area (Å²) in [6, 6.07) is 0. The van der Waals surface area contributed by atoms with Crippen LogP contribution in [0.2, 0.25) is 0 Å². The molecular weight excluding hydrogens is 182 g/mol. The zero-order valence-electron chi connectivity index (χ0n) is 9.20. The molecule has 0 aromatic rings. The van der Waals surface area contributed by atoms with E-state index in [1.165, 1.54) is 0 Å². The van der Waals surface area contributed by atoms with Crippen LogP contribution in [0.4, 0.5) is 0 Å². The standard InChI is InChI=1S/C10H23NO3/c1-3-14-8-10(13)7-11-6-4-5-9(2)12/h9-13H,3-8H2,1-2H3. The van der Waals surface area contributed by atoms with Gasteiger partial charge in [-0.15, -0.1) is 0 Å². The first kappa shape index (κ1) is 13.8. The van der Waals surface area contributed by atoms with Crippen molar-refractivity contribution < 1.29 is 14.9 Å². The highest BCUT2D eigenvalue weighted by Gasteiger charge is 2.02. The largest absolute Gasteiger partial charge is 0.393 e. The smallest absolute Gasteiger partial charge is 0.0897 e. The number of hydrogen-bond acceptors (Lipinski definition) is 4. The minimum absolute atomic E-state index is 0.231. The van der Waals surface area contributed by atoms with E-state index in [2.05, 4.69) is 5.32 Å². The molecule has 0 radical (unpaired) electrons. The molecule has 4 heteroatoms. The van der Waals surface area contributed by atoms with Gasteiger partial charge < -0.3 is 20.3 Å². The lowest BCUT2D eigenvalue weighted by Crippen LogP contribution is -2.31. The van der Waals surface area contributed by atoms with Gasteiger partial charge in [0.05, 0.1) is 18.8 Å². The summed E-state index contributed by atoms with van der Waals surface area (Å²) in [7, 11) is 0. The first-order chi connectivity index (χ1) is 6.66. The Bertz CT molecular complexity index is 120. The fourth-order valence-electron chi connectivity index (χ4n) is 1.10. The molecule has 86 valence electrons. The molecular formula is C10H23NO3. The second kappa shape index (κ2) is 9.40. The molecule has 2 atom stereocenters. The van der Waals surface area contributed by atoms with E-state index < -0.39 is 6.10 Å². The molecule has 0 fully saturated rings. The number of hydrogen-bond donors (Lipinski definition) is 3. The quantitative estimate of drug-likeness (QED) is 0.468. The molecule has 0 saturated carbocycles. The first-order valence-electron chi connectivity index (χ1n) is 5.31. The van der Waals surface area contributed by atoms with E-state index in [4.69, 9.17) is 9.84 Å². The van der Waals surface area contributed by atoms with Crippen LogP contribution in [0.15, 0.2) is 0 Å². The van der Waals surface area contributed by atoms with Gasteiger partial charge in [-0.2, -0.15) is 0 Å². The van der Waals surface area contributed by atoms with Crippen LogP contribution in [0.1, 0.15) is 26.7 Å². The molecule has 0 spiro atoms. The Morgan fingerprint density at radius 2 is 2.07 bits per heavy atom. The van der Waals surface area contributed by atoms with Gasteiger partial charge >= 0.3 is 0 Å². The SMILES string of the molecule is CCOCC(O)CNCCCC(C)O. The van der Waals surface area contributed by atoms with Crippen molar-refractivity contribution in [3.63, 3.8) is 0 Å². The third-order valence-electron chi connectivity index (χ3n) is 1.87. The summed E-state index contributed by atoms with van der Waals surface area (Å²) >= 11 is 0. The normalized spacial score (nSPS) is 15.4. The molecule has 0 aromatic carbocycles. The Labute approximate surface area is 86.3 Å². The van der Waals surface area contributed by atoms with Crippen LogP contribution >= 0.6 is 0 Å².